The van der Waals surface area contributed by atoms with E-state index in [0.29, 0.717) is 6.42 Å². The van der Waals surface area contributed by atoms with Crippen molar-refractivity contribution in [3.05, 3.63) is 72.4 Å². The lowest BCUT2D eigenvalue weighted by molar-refractivity contribution is 0.0246. The number of pyridine rings is 1. The summed E-state index contributed by atoms with van der Waals surface area (Å²) in [5.74, 6) is 0. The molecule has 2 aromatic carbocycles. The Morgan fingerprint density at radius 1 is 1.07 bits per heavy atom. The predicted molar refractivity (Wildman–Crippen MR) is 104 cm³/mol. The zero-order chi connectivity index (χ0) is 19.1. The topological polar surface area (TPSA) is 77.9 Å². The Labute approximate surface area is 158 Å². The van der Waals surface area contributed by atoms with Crippen molar-refractivity contribution in [3.63, 3.8) is 0 Å². The summed E-state index contributed by atoms with van der Waals surface area (Å²) in [6, 6.07) is 17.6. The van der Waals surface area contributed by atoms with E-state index in [4.69, 9.17) is 9.02 Å². The molecular formula is C20H20N2O4S. The SMILES string of the molecule is CCC(COS(=O)(=O)c1ccccc1)O/N=C/c1cccc2cccnc12. The second kappa shape index (κ2) is 8.75. The molecule has 0 aliphatic rings. The van der Waals surface area contributed by atoms with Gasteiger partial charge >= 0.3 is 0 Å². The molecule has 27 heavy (non-hydrogen) atoms. The van der Waals surface area contributed by atoms with Crippen LogP contribution in [0.4, 0.5) is 0 Å². The summed E-state index contributed by atoms with van der Waals surface area (Å²) < 4.78 is 29.4. The van der Waals surface area contributed by atoms with Gasteiger partial charge in [0.1, 0.15) is 6.61 Å². The highest BCUT2D eigenvalue weighted by Gasteiger charge is 2.18. The van der Waals surface area contributed by atoms with E-state index in [2.05, 4.69) is 10.1 Å². The number of hydrogen-bond acceptors (Lipinski definition) is 6. The van der Waals surface area contributed by atoms with Gasteiger partial charge in [0.2, 0.25) is 0 Å². The first kappa shape index (κ1) is 19.0. The monoisotopic (exact) mass is 384 g/mol. The fourth-order valence-electron chi connectivity index (χ4n) is 2.45. The molecule has 0 radical (unpaired) electrons. The van der Waals surface area contributed by atoms with Crippen LogP contribution >= 0.6 is 0 Å². The van der Waals surface area contributed by atoms with Gasteiger partial charge in [-0.15, -0.1) is 0 Å². The molecule has 3 aromatic rings. The third kappa shape index (κ3) is 4.90. The molecule has 0 aliphatic heterocycles. The van der Waals surface area contributed by atoms with E-state index in [1.54, 1.807) is 30.6 Å². The van der Waals surface area contributed by atoms with Crippen LogP contribution in [0, 0.1) is 0 Å². The zero-order valence-corrected chi connectivity index (χ0v) is 15.7. The third-order valence-corrected chi connectivity index (χ3v) is 5.26. The molecule has 0 saturated heterocycles. The number of benzene rings is 2. The summed E-state index contributed by atoms with van der Waals surface area (Å²) in [4.78, 5) is 9.89. The second-order valence-corrected chi connectivity index (χ2v) is 7.46. The van der Waals surface area contributed by atoms with Crippen LogP contribution in [0.3, 0.4) is 0 Å². The summed E-state index contributed by atoms with van der Waals surface area (Å²) in [5.41, 5.74) is 1.64. The van der Waals surface area contributed by atoms with Crippen LogP contribution in [0.2, 0.25) is 0 Å². The number of oxime groups is 1. The van der Waals surface area contributed by atoms with Crippen molar-refractivity contribution in [2.45, 2.75) is 24.3 Å². The van der Waals surface area contributed by atoms with Gasteiger partial charge in [-0.3, -0.25) is 9.17 Å². The third-order valence-electron chi connectivity index (χ3n) is 3.96. The quantitative estimate of drug-likeness (QED) is 0.336. The summed E-state index contributed by atoms with van der Waals surface area (Å²) in [6.45, 7) is 1.76. The van der Waals surface area contributed by atoms with Gasteiger partial charge in [-0.25, -0.2) is 0 Å². The van der Waals surface area contributed by atoms with Crippen molar-refractivity contribution in [1.29, 1.82) is 0 Å². The first-order valence-corrected chi connectivity index (χ1v) is 9.98. The average Bonchev–Trinajstić information content (AvgIpc) is 2.71. The van der Waals surface area contributed by atoms with Crippen molar-refractivity contribution < 1.29 is 17.4 Å². The maximum Gasteiger partial charge on any atom is 0.297 e. The molecule has 0 aliphatic carbocycles. The standard InChI is InChI=1S/C20H20N2O4S/c1-2-18(15-25-27(23,24)19-11-4-3-5-12-19)26-22-14-17-9-6-8-16-10-7-13-21-20(16)17/h3-14,18H,2,15H2,1H3/b22-14+. The van der Waals surface area contributed by atoms with Gasteiger partial charge < -0.3 is 4.84 Å². The van der Waals surface area contributed by atoms with E-state index < -0.39 is 16.2 Å². The van der Waals surface area contributed by atoms with Crippen molar-refractivity contribution in [2.24, 2.45) is 5.16 Å². The number of aromatic nitrogens is 1. The molecule has 1 heterocycles. The van der Waals surface area contributed by atoms with Crippen LogP contribution in [0.15, 0.2) is 76.9 Å². The van der Waals surface area contributed by atoms with E-state index in [0.717, 1.165) is 16.5 Å². The van der Waals surface area contributed by atoms with Gasteiger partial charge in [0.25, 0.3) is 10.1 Å². The minimum Gasteiger partial charge on any atom is -0.390 e. The van der Waals surface area contributed by atoms with Gasteiger partial charge in [-0.1, -0.05) is 54.5 Å². The van der Waals surface area contributed by atoms with Gasteiger partial charge in [-0.2, -0.15) is 8.42 Å². The molecule has 0 spiro atoms. The van der Waals surface area contributed by atoms with Crippen LogP contribution in [-0.4, -0.2) is 32.3 Å². The smallest absolute Gasteiger partial charge is 0.297 e. The van der Waals surface area contributed by atoms with Gasteiger partial charge in [0, 0.05) is 17.1 Å². The molecule has 0 saturated carbocycles. The van der Waals surface area contributed by atoms with Crippen molar-refractivity contribution in [1.82, 2.24) is 4.98 Å². The highest BCUT2D eigenvalue weighted by atomic mass is 32.2. The molecule has 1 unspecified atom stereocenters. The van der Waals surface area contributed by atoms with E-state index in [-0.39, 0.29) is 11.5 Å². The average molecular weight is 384 g/mol. The fourth-order valence-corrected chi connectivity index (χ4v) is 3.41. The number of para-hydroxylation sites is 1. The van der Waals surface area contributed by atoms with Gasteiger partial charge in [-0.05, 0) is 24.6 Å². The van der Waals surface area contributed by atoms with Crippen LogP contribution in [-0.2, 0) is 19.1 Å². The fraction of sp³-hybridized carbons (Fsp3) is 0.200. The van der Waals surface area contributed by atoms with E-state index in [1.165, 1.54) is 12.1 Å². The van der Waals surface area contributed by atoms with Crippen LogP contribution < -0.4 is 0 Å². The molecule has 1 aromatic heterocycles. The van der Waals surface area contributed by atoms with Crippen LogP contribution in [0.25, 0.3) is 10.9 Å². The summed E-state index contributed by atoms with van der Waals surface area (Å²) >= 11 is 0. The van der Waals surface area contributed by atoms with Crippen molar-refractivity contribution >= 4 is 27.2 Å². The lowest BCUT2D eigenvalue weighted by Gasteiger charge is -2.13. The largest absolute Gasteiger partial charge is 0.390 e. The predicted octanol–water partition coefficient (Wildman–Crippen LogP) is 3.77. The van der Waals surface area contributed by atoms with Gasteiger partial charge in [0.05, 0.1) is 16.6 Å². The number of fused-ring (bicyclic) bond motifs is 1. The van der Waals surface area contributed by atoms with Crippen LogP contribution in [0.5, 0.6) is 0 Å². The normalized spacial score (nSPS) is 13.1. The minimum atomic E-state index is -3.81. The lowest BCUT2D eigenvalue weighted by Crippen LogP contribution is -2.20. The van der Waals surface area contributed by atoms with E-state index in [9.17, 15) is 8.42 Å². The Hall–Kier alpha value is -2.77. The molecule has 0 fully saturated rings. The molecule has 140 valence electrons. The Morgan fingerprint density at radius 2 is 1.85 bits per heavy atom. The van der Waals surface area contributed by atoms with E-state index >= 15 is 0 Å². The lowest BCUT2D eigenvalue weighted by atomic mass is 10.1. The Kier molecular flexibility index (Phi) is 6.16. The number of rotatable bonds is 8. The maximum atomic E-state index is 12.2. The molecule has 7 heteroatoms. The molecule has 0 N–H and O–H groups in total. The molecule has 1 atom stereocenters. The second-order valence-electron chi connectivity index (χ2n) is 5.84. The van der Waals surface area contributed by atoms with E-state index in [1.807, 2.05) is 37.3 Å². The first-order chi connectivity index (χ1) is 13.1. The molecule has 0 bridgehead atoms. The van der Waals surface area contributed by atoms with Crippen LogP contribution in [0.1, 0.15) is 18.9 Å². The summed E-state index contributed by atoms with van der Waals surface area (Å²) in [5, 5.41) is 5.00. The first-order valence-electron chi connectivity index (χ1n) is 8.57. The van der Waals surface area contributed by atoms with Crippen molar-refractivity contribution in [2.75, 3.05) is 6.61 Å². The van der Waals surface area contributed by atoms with Gasteiger partial charge in [0.15, 0.2) is 6.10 Å². The highest BCUT2D eigenvalue weighted by molar-refractivity contribution is 7.86. The Balaban J connectivity index is 1.63. The Bertz CT molecular complexity index is 1020. The summed E-state index contributed by atoms with van der Waals surface area (Å²) in [6.07, 6.45) is 3.36. The van der Waals surface area contributed by atoms with Crippen molar-refractivity contribution in [3.8, 4) is 0 Å². The number of nitrogens with zero attached hydrogens (tertiary/aromatic N) is 2. The molecule has 6 nitrogen and oxygen atoms in total. The molecule has 3 rings (SSSR count). The zero-order valence-electron chi connectivity index (χ0n) is 14.9. The number of hydrogen-bond donors (Lipinski definition) is 0. The maximum absolute atomic E-state index is 12.2. The summed E-state index contributed by atoms with van der Waals surface area (Å²) in [7, 11) is -3.81. The minimum absolute atomic E-state index is 0.112. The highest BCUT2D eigenvalue weighted by Crippen LogP contribution is 2.15. The Morgan fingerprint density at radius 3 is 2.63 bits per heavy atom. The molecule has 0 amide bonds. The molecular weight excluding hydrogens is 364 g/mol.